The Morgan fingerprint density at radius 3 is 2.76 bits per heavy atom. The Hall–Kier alpha value is -0.850. The molecule has 0 aliphatic carbocycles. The van der Waals surface area contributed by atoms with Crippen molar-refractivity contribution in [1.82, 2.24) is 4.37 Å². The molecule has 0 saturated heterocycles. The van der Waals surface area contributed by atoms with E-state index in [1.165, 1.54) is 11.5 Å². The monoisotopic (exact) mass is 259 g/mol. The van der Waals surface area contributed by atoms with Crippen LogP contribution in [0.1, 0.15) is 18.4 Å². The summed E-state index contributed by atoms with van der Waals surface area (Å²) in [4.78, 5) is 0. The zero-order valence-electron chi connectivity index (χ0n) is 10.5. The van der Waals surface area contributed by atoms with Gasteiger partial charge in [0.05, 0.1) is 13.2 Å². The summed E-state index contributed by atoms with van der Waals surface area (Å²) < 4.78 is 14.3. The first-order valence-electron chi connectivity index (χ1n) is 5.78. The second-order valence-corrected chi connectivity index (χ2v) is 4.53. The molecule has 0 aliphatic rings. The number of nitrogen functional groups attached to an aromatic ring is 1. The molecular formula is C11H21N3O2S. The van der Waals surface area contributed by atoms with E-state index < -0.39 is 0 Å². The molecular weight excluding hydrogens is 238 g/mol. The zero-order valence-corrected chi connectivity index (χ0v) is 11.3. The summed E-state index contributed by atoms with van der Waals surface area (Å²) in [6.45, 7) is 5.03. The molecule has 5 nitrogen and oxygen atoms in total. The van der Waals surface area contributed by atoms with Gasteiger partial charge >= 0.3 is 0 Å². The highest BCUT2D eigenvalue weighted by Gasteiger charge is 2.04. The van der Waals surface area contributed by atoms with E-state index in [1.807, 2.05) is 6.92 Å². The van der Waals surface area contributed by atoms with Crippen LogP contribution in [0.5, 0.6) is 0 Å². The van der Waals surface area contributed by atoms with Crippen LogP contribution in [0.2, 0.25) is 0 Å². The van der Waals surface area contributed by atoms with Crippen LogP contribution in [0.3, 0.4) is 0 Å². The summed E-state index contributed by atoms with van der Waals surface area (Å²) >= 11 is 1.42. The van der Waals surface area contributed by atoms with Crippen molar-refractivity contribution in [2.24, 2.45) is 0 Å². The van der Waals surface area contributed by atoms with E-state index in [9.17, 15) is 0 Å². The number of nitrogens with zero attached hydrogens (tertiary/aromatic N) is 1. The number of hydrogen-bond donors (Lipinski definition) is 2. The van der Waals surface area contributed by atoms with Gasteiger partial charge in [-0.3, -0.25) is 0 Å². The molecule has 0 aromatic carbocycles. The van der Waals surface area contributed by atoms with Gasteiger partial charge in [0.1, 0.15) is 10.8 Å². The number of nitrogens with two attached hydrogens (primary N) is 1. The third-order valence-electron chi connectivity index (χ3n) is 2.39. The number of hydrogen-bond acceptors (Lipinski definition) is 6. The van der Waals surface area contributed by atoms with Crippen LogP contribution in [-0.4, -0.2) is 37.8 Å². The van der Waals surface area contributed by atoms with Gasteiger partial charge in [0.25, 0.3) is 0 Å². The van der Waals surface area contributed by atoms with Crippen LogP contribution >= 0.6 is 11.5 Å². The highest BCUT2D eigenvalue weighted by Crippen LogP contribution is 2.24. The van der Waals surface area contributed by atoms with Gasteiger partial charge in [0.15, 0.2) is 0 Å². The molecule has 0 fully saturated rings. The maximum Gasteiger partial charge on any atom is 0.142 e. The van der Waals surface area contributed by atoms with E-state index >= 15 is 0 Å². The smallest absolute Gasteiger partial charge is 0.142 e. The molecule has 0 unspecified atom stereocenters. The largest absolute Gasteiger partial charge is 0.383 e. The fourth-order valence-electron chi connectivity index (χ4n) is 1.29. The standard InChI is InChI=1S/C11H21N3O2S/c1-9-10(12)14-17-11(9)13-5-3-4-6-16-8-7-15-2/h13H,3-8H2,1-2H3,(H2,12,14). The maximum absolute atomic E-state index is 5.67. The maximum atomic E-state index is 5.67. The minimum Gasteiger partial charge on any atom is -0.383 e. The van der Waals surface area contributed by atoms with Crippen molar-refractivity contribution in [1.29, 1.82) is 0 Å². The third kappa shape index (κ3) is 5.34. The Morgan fingerprint density at radius 2 is 2.12 bits per heavy atom. The predicted molar refractivity (Wildman–Crippen MR) is 71.7 cm³/mol. The molecule has 98 valence electrons. The lowest BCUT2D eigenvalue weighted by Gasteiger charge is -2.05. The van der Waals surface area contributed by atoms with Gasteiger partial charge in [-0.05, 0) is 31.3 Å². The van der Waals surface area contributed by atoms with E-state index in [2.05, 4.69) is 9.69 Å². The Labute approximate surface area is 106 Å². The molecule has 3 N–H and O–H groups in total. The molecule has 0 radical (unpaired) electrons. The van der Waals surface area contributed by atoms with Crippen molar-refractivity contribution in [2.75, 3.05) is 44.5 Å². The van der Waals surface area contributed by atoms with Crippen molar-refractivity contribution in [3.05, 3.63) is 5.56 Å². The summed E-state index contributed by atoms with van der Waals surface area (Å²) in [7, 11) is 1.68. The van der Waals surface area contributed by atoms with Gasteiger partial charge < -0.3 is 20.5 Å². The first-order valence-corrected chi connectivity index (χ1v) is 6.55. The molecule has 0 aliphatic heterocycles. The van der Waals surface area contributed by atoms with Crippen LogP contribution in [0.25, 0.3) is 0 Å². The quantitative estimate of drug-likeness (QED) is 0.663. The topological polar surface area (TPSA) is 69.4 Å². The molecule has 0 saturated carbocycles. The van der Waals surface area contributed by atoms with Crippen LogP contribution in [0.4, 0.5) is 10.8 Å². The number of methoxy groups -OCH3 is 1. The molecule has 1 aromatic heterocycles. The molecule has 1 heterocycles. The van der Waals surface area contributed by atoms with Gasteiger partial charge in [-0.1, -0.05) is 0 Å². The Balaban J connectivity index is 1.99. The predicted octanol–water partition coefficient (Wildman–Crippen LogP) is 1.89. The Bertz CT molecular complexity index is 318. The van der Waals surface area contributed by atoms with E-state index in [4.69, 9.17) is 15.2 Å². The van der Waals surface area contributed by atoms with Crippen LogP contribution in [0, 0.1) is 6.92 Å². The molecule has 0 bridgehead atoms. The number of aromatic nitrogens is 1. The third-order valence-corrected chi connectivity index (χ3v) is 3.31. The highest BCUT2D eigenvalue weighted by molar-refractivity contribution is 7.10. The van der Waals surface area contributed by atoms with Crippen LogP contribution in [-0.2, 0) is 9.47 Å². The zero-order chi connectivity index (χ0) is 12.5. The normalized spacial score (nSPS) is 10.7. The van der Waals surface area contributed by atoms with Crippen molar-refractivity contribution >= 4 is 22.4 Å². The van der Waals surface area contributed by atoms with Crippen molar-refractivity contribution in [3.63, 3.8) is 0 Å². The van der Waals surface area contributed by atoms with Crippen molar-refractivity contribution in [3.8, 4) is 0 Å². The lowest BCUT2D eigenvalue weighted by molar-refractivity contribution is 0.0691. The number of ether oxygens (including phenoxy) is 2. The fourth-order valence-corrected chi connectivity index (χ4v) is 2.02. The number of anilines is 2. The summed E-state index contributed by atoms with van der Waals surface area (Å²) in [6.07, 6.45) is 2.12. The summed E-state index contributed by atoms with van der Waals surface area (Å²) in [6, 6.07) is 0. The van der Waals surface area contributed by atoms with E-state index in [1.54, 1.807) is 7.11 Å². The molecule has 1 rings (SSSR count). The van der Waals surface area contributed by atoms with Crippen LogP contribution < -0.4 is 11.1 Å². The highest BCUT2D eigenvalue weighted by atomic mass is 32.1. The molecule has 0 spiro atoms. The van der Waals surface area contributed by atoms with E-state index in [0.717, 1.165) is 36.6 Å². The van der Waals surface area contributed by atoms with Crippen molar-refractivity contribution < 1.29 is 9.47 Å². The Kier molecular flexibility index (Phi) is 6.91. The SMILES string of the molecule is COCCOCCCCNc1snc(N)c1C. The van der Waals surface area contributed by atoms with Gasteiger partial charge in [-0.15, -0.1) is 0 Å². The lowest BCUT2D eigenvalue weighted by atomic mass is 10.3. The average molecular weight is 259 g/mol. The molecule has 6 heteroatoms. The molecule has 0 atom stereocenters. The van der Waals surface area contributed by atoms with Gasteiger partial charge in [-0.25, -0.2) is 0 Å². The summed E-state index contributed by atoms with van der Waals surface area (Å²) in [5, 5.41) is 4.40. The minimum absolute atomic E-state index is 0.625. The second-order valence-electron chi connectivity index (χ2n) is 3.76. The average Bonchev–Trinajstić information content (AvgIpc) is 2.64. The number of unbranched alkanes of at least 4 members (excludes halogenated alkanes) is 1. The second kappa shape index (κ2) is 8.27. The Morgan fingerprint density at radius 1 is 1.29 bits per heavy atom. The summed E-state index contributed by atoms with van der Waals surface area (Å²) in [5.41, 5.74) is 6.71. The number of nitrogens with one attached hydrogen (secondary N) is 1. The van der Waals surface area contributed by atoms with E-state index in [0.29, 0.717) is 19.0 Å². The first-order chi connectivity index (χ1) is 8.25. The molecule has 1 aromatic rings. The van der Waals surface area contributed by atoms with Crippen molar-refractivity contribution in [2.45, 2.75) is 19.8 Å². The van der Waals surface area contributed by atoms with Gasteiger partial charge in [0, 0.05) is 25.8 Å². The van der Waals surface area contributed by atoms with Gasteiger partial charge in [0.2, 0.25) is 0 Å². The van der Waals surface area contributed by atoms with E-state index in [-0.39, 0.29) is 0 Å². The summed E-state index contributed by atoms with van der Waals surface area (Å²) in [5.74, 6) is 0.625. The van der Waals surface area contributed by atoms with Crippen LogP contribution in [0.15, 0.2) is 0 Å². The number of rotatable bonds is 9. The molecule has 17 heavy (non-hydrogen) atoms. The molecule has 0 amide bonds. The lowest BCUT2D eigenvalue weighted by Crippen LogP contribution is -2.06. The van der Waals surface area contributed by atoms with Gasteiger partial charge in [-0.2, -0.15) is 4.37 Å². The fraction of sp³-hybridized carbons (Fsp3) is 0.727. The first kappa shape index (κ1) is 14.2. The minimum atomic E-state index is 0.625.